The second kappa shape index (κ2) is 8.41. The Morgan fingerprint density at radius 1 is 1.24 bits per heavy atom. The molecule has 0 radical (unpaired) electrons. The van der Waals surface area contributed by atoms with Crippen molar-refractivity contribution in [3.63, 3.8) is 0 Å². The quantitative estimate of drug-likeness (QED) is 0.840. The van der Waals surface area contributed by atoms with Gasteiger partial charge in [0.2, 0.25) is 5.91 Å². The summed E-state index contributed by atoms with van der Waals surface area (Å²) >= 11 is 1.62. The topological polar surface area (TPSA) is 43.8 Å². The van der Waals surface area contributed by atoms with E-state index in [4.69, 9.17) is 5.11 Å². The number of nitrogens with zero attached hydrogens (tertiary/aromatic N) is 2. The molecule has 1 aromatic rings. The number of thioether (sulfide) groups is 1. The monoisotopic (exact) mass is 308 g/mol. The van der Waals surface area contributed by atoms with E-state index in [0.717, 1.165) is 32.6 Å². The van der Waals surface area contributed by atoms with Crippen LogP contribution in [0, 0.1) is 6.92 Å². The Balaban J connectivity index is 1.82. The van der Waals surface area contributed by atoms with Crippen molar-refractivity contribution in [1.82, 2.24) is 9.80 Å². The number of aliphatic hydroxyl groups excluding tert-OH is 1. The van der Waals surface area contributed by atoms with Crippen LogP contribution >= 0.6 is 11.8 Å². The van der Waals surface area contributed by atoms with Crippen LogP contribution in [0.5, 0.6) is 0 Å². The van der Waals surface area contributed by atoms with Crippen LogP contribution in [0.25, 0.3) is 0 Å². The van der Waals surface area contributed by atoms with Gasteiger partial charge in [-0.1, -0.05) is 18.2 Å². The standard InChI is InChI=1S/C16H24N2O2S/c1-14-5-2-3-6-15(14)21-13-16(20)18-8-4-7-17(9-10-18)11-12-19/h2-3,5-6,19H,4,7-13H2,1H3. The van der Waals surface area contributed by atoms with Crippen LogP contribution in [0.2, 0.25) is 0 Å². The SMILES string of the molecule is Cc1ccccc1SCC(=O)N1CCCN(CCO)CC1. The number of aliphatic hydroxyl groups is 1. The van der Waals surface area contributed by atoms with Crippen molar-refractivity contribution in [2.45, 2.75) is 18.2 Å². The average Bonchev–Trinajstić information content (AvgIpc) is 2.72. The molecule has 2 rings (SSSR count). The number of carbonyl (C=O) groups is 1. The van der Waals surface area contributed by atoms with E-state index in [2.05, 4.69) is 24.0 Å². The molecular weight excluding hydrogens is 284 g/mol. The number of benzene rings is 1. The smallest absolute Gasteiger partial charge is 0.232 e. The van der Waals surface area contributed by atoms with E-state index in [1.54, 1.807) is 11.8 Å². The lowest BCUT2D eigenvalue weighted by Crippen LogP contribution is -2.36. The van der Waals surface area contributed by atoms with Crippen molar-refractivity contribution in [3.8, 4) is 0 Å². The Bertz CT molecular complexity index is 467. The Hall–Kier alpha value is -1.04. The van der Waals surface area contributed by atoms with E-state index in [1.807, 2.05) is 17.0 Å². The van der Waals surface area contributed by atoms with Gasteiger partial charge in [0.1, 0.15) is 0 Å². The summed E-state index contributed by atoms with van der Waals surface area (Å²) in [5.74, 6) is 0.722. The van der Waals surface area contributed by atoms with Crippen molar-refractivity contribution in [3.05, 3.63) is 29.8 Å². The molecule has 1 N–H and O–H groups in total. The molecule has 21 heavy (non-hydrogen) atoms. The Kier molecular flexibility index (Phi) is 6.54. The van der Waals surface area contributed by atoms with Crippen molar-refractivity contribution >= 4 is 17.7 Å². The van der Waals surface area contributed by atoms with Crippen LogP contribution in [0.15, 0.2) is 29.2 Å². The van der Waals surface area contributed by atoms with Gasteiger partial charge in [-0.3, -0.25) is 9.69 Å². The molecule has 1 saturated heterocycles. The van der Waals surface area contributed by atoms with Crippen LogP contribution in [0.3, 0.4) is 0 Å². The highest BCUT2D eigenvalue weighted by atomic mass is 32.2. The van der Waals surface area contributed by atoms with Gasteiger partial charge in [0.15, 0.2) is 0 Å². The van der Waals surface area contributed by atoms with Crippen LogP contribution in [-0.2, 0) is 4.79 Å². The fourth-order valence-corrected chi connectivity index (χ4v) is 3.47. The van der Waals surface area contributed by atoms with E-state index < -0.39 is 0 Å². The highest BCUT2D eigenvalue weighted by Gasteiger charge is 2.18. The van der Waals surface area contributed by atoms with Crippen molar-refractivity contribution in [2.75, 3.05) is 45.1 Å². The zero-order valence-electron chi connectivity index (χ0n) is 12.6. The fraction of sp³-hybridized carbons (Fsp3) is 0.562. The molecule has 1 heterocycles. The third-order valence-electron chi connectivity index (χ3n) is 3.80. The van der Waals surface area contributed by atoms with Crippen molar-refractivity contribution in [2.24, 2.45) is 0 Å². The molecule has 0 saturated carbocycles. The molecule has 0 aromatic heterocycles. The lowest BCUT2D eigenvalue weighted by molar-refractivity contribution is -0.128. The Labute approximate surface area is 131 Å². The zero-order valence-corrected chi connectivity index (χ0v) is 13.4. The molecule has 0 aliphatic carbocycles. The molecule has 1 aliphatic rings. The minimum absolute atomic E-state index is 0.192. The predicted octanol–water partition coefficient (Wildman–Crippen LogP) is 1.61. The number of amides is 1. The van der Waals surface area contributed by atoms with Crippen LogP contribution < -0.4 is 0 Å². The first-order valence-electron chi connectivity index (χ1n) is 7.50. The largest absolute Gasteiger partial charge is 0.395 e. The van der Waals surface area contributed by atoms with Crippen molar-refractivity contribution < 1.29 is 9.90 Å². The van der Waals surface area contributed by atoms with Gasteiger partial charge in [0.05, 0.1) is 12.4 Å². The van der Waals surface area contributed by atoms with E-state index in [1.165, 1.54) is 10.5 Å². The second-order valence-electron chi connectivity index (χ2n) is 5.35. The summed E-state index contributed by atoms with van der Waals surface area (Å²) in [4.78, 5) is 17.7. The fourth-order valence-electron chi connectivity index (χ4n) is 2.53. The number of β-amino-alcohol motifs (C(OH)–C–C–N with tert-alkyl or cyclic N) is 1. The highest BCUT2D eigenvalue weighted by Crippen LogP contribution is 2.22. The second-order valence-corrected chi connectivity index (χ2v) is 6.37. The maximum absolute atomic E-state index is 12.3. The first-order chi connectivity index (χ1) is 10.2. The number of carbonyl (C=O) groups excluding carboxylic acids is 1. The maximum Gasteiger partial charge on any atom is 0.232 e. The van der Waals surface area contributed by atoms with Gasteiger partial charge in [-0.15, -0.1) is 11.8 Å². The van der Waals surface area contributed by atoms with Gasteiger partial charge in [0.25, 0.3) is 0 Å². The maximum atomic E-state index is 12.3. The van der Waals surface area contributed by atoms with Gasteiger partial charge < -0.3 is 10.0 Å². The minimum Gasteiger partial charge on any atom is -0.395 e. The van der Waals surface area contributed by atoms with E-state index in [0.29, 0.717) is 12.3 Å². The summed E-state index contributed by atoms with van der Waals surface area (Å²) in [6, 6.07) is 8.18. The van der Waals surface area contributed by atoms with Gasteiger partial charge in [-0.25, -0.2) is 0 Å². The molecule has 1 aromatic carbocycles. The van der Waals surface area contributed by atoms with E-state index >= 15 is 0 Å². The highest BCUT2D eigenvalue weighted by molar-refractivity contribution is 8.00. The Morgan fingerprint density at radius 3 is 2.81 bits per heavy atom. The van der Waals surface area contributed by atoms with Crippen LogP contribution in [0.1, 0.15) is 12.0 Å². The van der Waals surface area contributed by atoms with Crippen LogP contribution in [0.4, 0.5) is 0 Å². The number of rotatable bonds is 5. The molecule has 0 bridgehead atoms. The molecular formula is C16H24N2O2S. The Morgan fingerprint density at radius 2 is 2.05 bits per heavy atom. The van der Waals surface area contributed by atoms with Gasteiger partial charge >= 0.3 is 0 Å². The molecule has 0 unspecified atom stereocenters. The molecule has 0 atom stereocenters. The first-order valence-corrected chi connectivity index (χ1v) is 8.48. The molecule has 1 amide bonds. The first kappa shape index (κ1) is 16.3. The lowest BCUT2D eigenvalue weighted by atomic mass is 10.2. The summed E-state index contributed by atoms with van der Waals surface area (Å²) < 4.78 is 0. The normalized spacial score (nSPS) is 16.8. The summed E-state index contributed by atoms with van der Waals surface area (Å²) in [6.45, 7) is 6.40. The molecule has 116 valence electrons. The number of aryl methyl sites for hydroxylation is 1. The zero-order chi connectivity index (χ0) is 15.1. The summed E-state index contributed by atoms with van der Waals surface area (Å²) in [5, 5.41) is 9.00. The number of hydrogen-bond donors (Lipinski definition) is 1. The summed E-state index contributed by atoms with van der Waals surface area (Å²) in [7, 11) is 0. The third-order valence-corrected chi connectivity index (χ3v) is 4.96. The molecule has 0 spiro atoms. The van der Waals surface area contributed by atoms with Gasteiger partial charge in [0, 0.05) is 31.1 Å². The third kappa shape index (κ3) is 5.02. The summed E-state index contributed by atoms with van der Waals surface area (Å²) in [5.41, 5.74) is 1.22. The lowest BCUT2D eigenvalue weighted by Gasteiger charge is -2.21. The van der Waals surface area contributed by atoms with Crippen molar-refractivity contribution in [1.29, 1.82) is 0 Å². The molecule has 5 heteroatoms. The van der Waals surface area contributed by atoms with Gasteiger partial charge in [-0.05, 0) is 31.5 Å². The van der Waals surface area contributed by atoms with E-state index in [-0.39, 0.29) is 12.5 Å². The molecule has 1 fully saturated rings. The van der Waals surface area contributed by atoms with Gasteiger partial charge in [-0.2, -0.15) is 0 Å². The number of hydrogen-bond acceptors (Lipinski definition) is 4. The predicted molar refractivity (Wildman–Crippen MR) is 86.6 cm³/mol. The minimum atomic E-state index is 0.192. The molecule has 4 nitrogen and oxygen atoms in total. The molecule has 1 aliphatic heterocycles. The van der Waals surface area contributed by atoms with Crippen LogP contribution in [-0.4, -0.2) is 65.9 Å². The summed E-state index contributed by atoms with van der Waals surface area (Å²) in [6.07, 6.45) is 0.987. The van der Waals surface area contributed by atoms with E-state index in [9.17, 15) is 4.79 Å². The average molecular weight is 308 g/mol.